The van der Waals surface area contributed by atoms with Crippen molar-refractivity contribution in [3.63, 3.8) is 0 Å². The summed E-state index contributed by atoms with van der Waals surface area (Å²) in [7, 11) is 0. The molecule has 0 atom stereocenters. The second kappa shape index (κ2) is 4.97. The summed E-state index contributed by atoms with van der Waals surface area (Å²) in [6, 6.07) is 9.57. The zero-order valence-electron chi connectivity index (χ0n) is 8.58. The Morgan fingerprint density at radius 2 is 1.75 bits per heavy atom. The van der Waals surface area contributed by atoms with E-state index in [1.54, 1.807) is 6.20 Å². The summed E-state index contributed by atoms with van der Waals surface area (Å²) in [5.41, 5.74) is 1.10. The number of aromatic nitrogens is 1. The third kappa shape index (κ3) is 2.62. The predicted molar refractivity (Wildman–Crippen MR) is 70.9 cm³/mol. The Balaban J connectivity index is 2.27. The van der Waals surface area contributed by atoms with Crippen LogP contribution in [0.5, 0.6) is 11.6 Å². The zero-order chi connectivity index (χ0) is 11.5. The lowest BCUT2D eigenvalue weighted by molar-refractivity contribution is 0.459. The fraction of sp³-hybridized carbons (Fsp3) is 0.0833. The van der Waals surface area contributed by atoms with E-state index in [0.717, 1.165) is 20.3 Å². The van der Waals surface area contributed by atoms with Crippen molar-refractivity contribution in [1.82, 2.24) is 4.98 Å². The van der Waals surface area contributed by atoms with E-state index in [1.165, 1.54) is 0 Å². The van der Waals surface area contributed by atoms with Gasteiger partial charge in [-0.25, -0.2) is 4.98 Å². The highest BCUT2D eigenvalue weighted by molar-refractivity contribution is 9.10. The van der Waals surface area contributed by atoms with E-state index in [1.807, 2.05) is 37.3 Å². The molecule has 0 amide bonds. The molecule has 2 nitrogen and oxygen atoms in total. The average Bonchev–Trinajstić information content (AvgIpc) is 2.28. The number of benzene rings is 1. The maximum atomic E-state index is 5.67. The van der Waals surface area contributed by atoms with Gasteiger partial charge < -0.3 is 4.74 Å². The number of halogens is 2. The van der Waals surface area contributed by atoms with Crippen LogP contribution in [0.15, 0.2) is 45.5 Å². The molecule has 1 heterocycles. The molecular weight excluding hydrogens is 334 g/mol. The molecule has 0 bridgehead atoms. The minimum Gasteiger partial charge on any atom is -0.438 e. The maximum Gasteiger partial charge on any atom is 0.233 e. The molecule has 1 aromatic carbocycles. The van der Waals surface area contributed by atoms with Gasteiger partial charge in [-0.15, -0.1) is 0 Å². The van der Waals surface area contributed by atoms with Crippen molar-refractivity contribution in [2.24, 2.45) is 0 Å². The Bertz CT molecular complexity index is 497. The molecule has 0 saturated carbocycles. The number of nitrogens with zero attached hydrogens (tertiary/aromatic N) is 1. The molecule has 0 saturated heterocycles. The molecule has 1 aromatic heterocycles. The first-order valence-corrected chi connectivity index (χ1v) is 6.30. The van der Waals surface area contributed by atoms with Crippen LogP contribution in [-0.2, 0) is 0 Å². The molecule has 0 aliphatic heterocycles. The van der Waals surface area contributed by atoms with Crippen molar-refractivity contribution < 1.29 is 4.74 Å². The SMILES string of the molecule is Cc1ccnc(Oc2ccc(Br)cc2)c1Br. The molecule has 82 valence electrons. The minimum absolute atomic E-state index is 0.585. The van der Waals surface area contributed by atoms with E-state index < -0.39 is 0 Å². The summed E-state index contributed by atoms with van der Waals surface area (Å²) in [5, 5.41) is 0. The molecule has 2 aromatic rings. The van der Waals surface area contributed by atoms with Crippen LogP contribution in [0.3, 0.4) is 0 Å². The normalized spacial score (nSPS) is 10.2. The van der Waals surface area contributed by atoms with Crippen LogP contribution in [0, 0.1) is 6.92 Å². The molecule has 4 heteroatoms. The van der Waals surface area contributed by atoms with Crippen LogP contribution in [0.4, 0.5) is 0 Å². The quantitative estimate of drug-likeness (QED) is 0.788. The Morgan fingerprint density at radius 1 is 1.06 bits per heavy atom. The zero-order valence-corrected chi connectivity index (χ0v) is 11.7. The van der Waals surface area contributed by atoms with E-state index in [0.29, 0.717) is 5.88 Å². The number of aryl methyl sites for hydroxylation is 1. The summed E-state index contributed by atoms with van der Waals surface area (Å²) in [4.78, 5) is 4.18. The number of hydrogen-bond acceptors (Lipinski definition) is 2. The van der Waals surface area contributed by atoms with E-state index in [4.69, 9.17) is 4.74 Å². The smallest absolute Gasteiger partial charge is 0.233 e. The number of rotatable bonds is 2. The first kappa shape index (κ1) is 11.6. The maximum absolute atomic E-state index is 5.67. The number of ether oxygens (including phenoxy) is 1. The second-order valence-corrected chi connectivity index (χ2v) is 5.01. The van der Waals surface area contributed by atoms with Crippen LogP contribution in [0.1, 0.15) is 5.56 Å². The van der Waals surface area contributed by atoms with E-state index in [2.05, 4.69) is 36.8 Å². The number of pyridine rings is 1. The van der Waals surface area contributed by atoms with Gasteiger partial charge in [-0.05, 0) is 58.7 Å². The highest BCUT2D eigenvalue weighted by atomic mass is 79.9. The van der Waals surface area contributed by atoms with Gasteiger partial charge in [0.25, 0.3) is 0 Å². The van der Waals surface area contributed by atoms with E-state index in [-0.39, 0.29) is 0 Å². The standard InChI is InChI=1S/C12H9Br2NO/c1-8-6-7-15-12(11(8)14)16-10-4-2-9(13)3-5-10/h2-7H,1H3. The minimum atomic E-state index is 0.585. The Morgan fingerprint density at radius 3 is 2.44 bits per heavy atom. The highest BCUT2D eigenvalue weighted by Crippen LogP contribution is 2.30. The van der Waals surface area contributed by atoms with Crippen LogP contribution < -0.4 is 4.74 Å². The lowest BCUT2D eigenvalue weighted by Crippen LogP contribution is -1.90. The fourth-order valence-corrected chi connectivity index (χ4v) is 1.78. The fourth-order valence-electron chi connectivity index (χ4n) is 1.20. The van der Waals surface area contributed by atoms with Crippen LogP contribution in [-0.4, -0.2) is 4.98 Å². The van der Waals surface area contributed by atoms with Crippen molar-refractivity contribution in [2.75, 3.05) is 0 Å². The Kier molecular flexibility index (Phi) is 3.61. The molecule has 0 aliphatic rings. The highest BCUT2D eigenvalue weighted by Gasteiger charge is 2.06. The summed E-state index contributed by atoms with van der Waals surface area (Å²) < 4.78 is 7.58. The van der Waals surface area contributed by atoms with Gasteiger partial charge in [0, 0.05) is 10.7 Å². The van der Waals surface area contributed by atoms with Crippen LogP contribution in [0.2, 0.25) is 0 Å². The van der Waals surface area contributed by atoms with Crippen molar-refractivity contribution >= 4 is 31.9 Å². The lowest BCUT2D eigenvalue weighted by atomic mass is 10.3. The molecule has 0 fully saturated rings. The predicted octanol–water partition coefficient (Wildman–Crippen LogP) is 4.71. The first-order valence-electron chi connectivity index (χ1n) is 4.71. The summed E-state index contributed by atoms with van der Waals surface area (Å²) in [6.45, 7) is 2.00. The molecule has 0 N–H and O–H groups in total. The van der Waals surface area contributed by atoms with Gasteiger partial charge in [0.2, 0.25) is 5.88 Å². The molecular formula is C12H9Br2NO. The van der Waals surface area contributed by atoms with Gasteiger partial charge in [-0.2, -0.15) is 0 Å². The summed E-state index contributed by atoms with van der Waals surface area (Å²) in [6.07, 6.45) is 1.73. The lowest BCUT2D eigenvalue weighted by Gasteiger charge is -2.07. The van der Waals surface area contributed by atoms with E-state index in [9.17, 15) is 0 Å². The third-order valence-corrected chi connectivity index (χ3v) is 3.57. The molecule has 16 heavy (non-hydrogen) atoms. The number of hydrogen-bond donors (Lipinski definition) is 0. The summed E-state index contributed by atoms with van der Waals surface area (Å²) >= 11 is 6.83. The third-order valence-electron chi connectivity index (χ3n) is 2.08. The van der Waals surface area contributed by atoms with Gasteiger partial charge in [0.15, 0.2) is 0 Å². The second-order valence-electron chi connectivity index (χ2n) is 3.30. The van der Waals surface area contributed by atoms with Gasteiger partial charge >= 0.3 is 0 Å². The van der Waals surface area contributed by atoms with E-state index >= 15 is 0 Å². The van der Waals surface area contributed by atoms with Gasteiger partial charge in [-0.1, -0.05) is 15.9 Å². The average molecular weight is 343 g/mol. The largest absolute Gasteiger partial charge is 0.438 e. The topological polar surface area (TPSA) is 22.1 Å². The van der Waals surface area contributed by atoms with Gasteiger partial charge in [-0.3, -0.25) is 0 Å². The molecule has 0 aliphatic carbocycles. The molecule has 2 rings (SSSR count). The summed E-state index contributed by atoms with van der Waals surface area (Å²) in [5.74, 6) is 1.35. The van der Waals surface area contributed by atoms with Crippen molar-refractivity contribution in [3.8, 4) is 11.6 Å². The van der Waals surface area contributed by atoms with Crippen LogP contribution >= 0.6 is 31.9 Å². The first-order chi connectivity index (χ1) is 7.66. The molecule has 0 spiro atoms. The molecule has 0 unspecified atom stereocenters. The van der Waals surface area contributed by atoms with Crippen molar-refractivity contribution in [3.05, 3.63) is 51.0 Å². The monoisotopic (exact) mass is 341 g/mol. The van der Waals surface area contributed by atoms with Crippen molar-refractivity contribution in [2.45, 2.75) is 6.92 Å². The van der Waals surface area contributed by atoms with Gasteiger partial charge in [0.1, 0.15) is 5.75 Å². The molecule has 0 radical (unpaired) electrons. The Labute approximate surface area is 111 Å². The van der Waals surface area contributed by atoms with Crippen LogP contribution in [0.25, 0.3) is 0 Å². The van der Waals surface area contributed by atoms with Gasteiger partial charge in [0.05, 0.1) is 4.47 Å². The van der Waals surface area contributed by atoms with Crippen molar-refractivity contribution in [1.29, 1.82) is 0 Å². The Hall–Kier alpha value is -0.870.